The Hall–Kier alpha value is -0.820. The average molecular weight is 344 g/mol. The second kappa shape index (κ2) is 5.34. The molecule has 23 heavy (non-hydrogen) atoms. The highest BCUT2D eigenvalue weighted by molar-refractivity contribution is 7.92. The van der Waals surface area contributed by atoms with Crippen molar-refractivity contribution < 1.29 is 17.9 Å². The maximum Gasteiger partial charge on any atom is 0.317 e. The third-order valence-electron chi connectivity index (χ3n) is 6.28. The highest BCUT2D eigenvalue weighted by Crippen LogP contribution is 2.62. The van der Waals surface area contributed by atoms with E-state index in [2.05, 4.69) is 5.32 Å². The van der Waals surface area contributed by atoms with Crippen molar-refractivity contribution in [2.24, 2.45) is 11.3 Å². The first-order chi connectivity index (χ1) is 10.6. The number of carbonyl (C=O) groups excluding carboxylic acids is 1. The Labute approximate surface area is 138 Å². The Morgan fingerprint density at radius 2 is 2.04 bits per heavy atom. The van der Waals surface area contributed by atoms with Crippen molar-refractivity contribution in [1.29, 1.82) is 0 Å². The van der Waals surface area contributed by atoms with E-state index >= 15 is 0 Å². The number of nitrogens with zero attached hydrogens (tertiary/aromatic N) is 1. The Balaban J connectivity index is 1.63. The van der Waals surface area contributed by atoms with Gasteiger partial charge in [0.25, 0.3) is 0 Å². The molecule has 1 saturated heterocycles. The van der Waals surface area contributed by atoms with Crippen molar-refractivity contribution in [2.45, 2.75) is 56.4 Å². The summed E-state index contributed by atoms with van der Waals surface area (Å²) in [5, 5.41) is 3.17. The predicted molar refractivity (Wildman–Crippen MR) is 88.0 cm³/mol. The molecule has 3 fully saturated rings. The quantitative estimate of drug-likeness (QED) is 0.837. The van der Waals surface area contributed by atoms with Crippen LogP contribution in [-0.2, 0) is 14.6 Å². The molecule has 2 amide bonds. The molecule has 132 valence electrons. The third-order valence-corrected chi connectivity index (χ3v) is 8.42. The van der Waals surface area contributed by atoms with E-state index < -0.39 is 14.6 Å². The van der Waals surface area contributed by atoms with E-state index in [1.165, 1.54) is 17.6 Å². The molecule has 1 N–H and O–H groups in total. The van der Waals surface area contributed by atoms with E-state index in [1.807, 2.05) is 0 Å². The molecule has 3 atom stereocenters. The lowest BCUT2D eigenvalue weighted by molar-refractivity contribution is -0.172. The molecule has 1 aliphatic heterocycles. The van der Waals surface area contributed by atoms with E-state index in [1.54, 1.807) is 20.9 Å². The molecule has 7 heteroatoms. The number of fused-ring (bicyclic) bond motifs is 2. The van der Waals surface area contributed by atoms with Crippen molar-refractivity contribution in [2.75, 3.05) is 26.5 Å². The summed E-state index contributed by atoms with van der Waals surface area (Å²) >= 11 is 0. The van der Waals surface area contributed by atoms with Crippen LogP contribution < -0.4 is 5.32 Å². The largest absolute Gasteiger partial charge is 0.377 e. The number of hydrogen-bond acceptors (Lipinski definition) is 4. The molecule has 0 bridgehead atoms. The van der Waals surface area contributed by atoms with Gasteiger partial charge in [0.15, 0.2) is 9.84 Å². The van der Waals surface area contributed by atoms with Crippen molar-refractivity contribution in [3.63, 3.8) is 0 Å². The Bertz CT molecular complexity index is 597. The fraction of sp³-hybridized carbons (Fsp3) is 0.938. The lowest BCUT2D eigenvalue weighted by Crippen LogP contribution is -2.72. The Kier molecular flexibility index (Phi) is 3.95. The van der Waals surface area contributed by atoms with Gasteiger partial charge in [-0.15, -0.1) is 0 Å². The second-order valence-electron chi connectivity index (χ2n) is 8.15. The lowest BCUT2D eigenvalue weighted by Gasteiger charge is -2.63. The maximum absolute atomic E-state index is 12.5. The minimum Gasteiger partial charge on any atom is -0.377 e. The van der Waals surface area contributed by atoms with E-state index in [9.17, 15) is 13.2 Å². The minimum absolute atomic E-state index is 0.143. The Morgan fingerprint density at radius 3 is 2.57 bits per heavy atom. The highest BCUT2D eigenvalue weighted by Gasteiger charge is 2.67. The zero-order valence-corrected chi connectivity index (χ0v) is 15.3. The van der Waals surface area contributed by atoms with Gasteiger partial charge in [-0.25, -0.2) is 13.2 Å². The molecule has 2 aliphatic carbocycles. The van der Waals surface area contributed by atoms with Gasteiger partial charge in [-0.3, -0.25) is 0 Å². The highest BCUT2D eigenvalue weighted by atomic mass is 32.2. The van der Waals surface area contributed by atoms with Crippen LogP contribution in [0.5, 0.6) is 0 Å². The van der Waals surface area contributed by atoms with Gasteiger partial charge < -0.3 is 15.0 Å². The molecule has 0 aromatic carbocycles. The van der Waals surface area contributed by atoms with Gasteiger partial charge >= 0.3 is 6.03 Å². The van der Waals surface area contributed by atoms with Crippen LogP contribution in [0, 0.1) is 11.3 Å². The topological polar surface area (TPSA) is 75.7 Å². The minimum atomic E-state index is -3.22. The van der Waals surface area contributed by atoms with Crippen molar-refractivity contribution in [3.05, 3.63) is 0 Å². The molecule has 0 unspecified atom stereocenters. The van der Waals surface area contributed by atoms with E-state index in [4.69, 9.17) is 4.74 Å². The first-order valence-electron chi connectivity index (χ1n) is 8.41. The summed E-state index contributed by atoms with van der Waals surface area (Å²) in [6, 6.07) is 0.00314. The normalized spacial score (nSPS) is 31.9. The summed E-state index contributed by atoms with van der Waals surface area (Å²) in [4.78, 5) is 14.0. The molecule has 0 radical (unpaired) electrons. The number of nitrogens with one attached hydrogen (secondary N) is 1. The fourth-order valence-electron chi connectivity index (χ4n) is 4.46. The molecule has 3 aliphatic rings. The summed E-state index contributed by atoms with van der Waals surface area (Å²) in [7, 11) is -1.56. The van der Waals surface area contributed by atoms with Gasteiger partial charge in [-0.05, 0) is 33.1 Å². The molecule has 0 aromatic heterocycles. The van der Waals surface area contributed by atoms with Crippen LogP contribution >= 0.6 is 0 Å². The maximum atomic E-state index is 12.5. The fourth-order valence-corrected chi connectivity index (χ4v) is 4.89. The molecule has 1 heterocycles. The number of ether oxygens (including phenoxy) is 1. The van der Waals surface area contributed by atoms with Gasteiger partial charge in [-0.1, -0.05) is 6.42 Å². The summed E-state index contributed by atoms with van der Waals surface area (Å²) in [5.74, 6) is 0.426. The number of hydrogen-bond donors (Lipinski definition) is 1. The molecular weight excluding hydrogens is 316 g/mol. The van der Waals surface area contributed by atoms with E-state index in [-0.39, 0.29) is 24.0 Å². The van der Waals surface area contributed by atoms with Crippen molar-refractivity contribution in [1.82, 2.24) is 10.2 Å². The first kappa shape index (κ1) is 17.0. The summed E-state index contributed by atoms with van der Waals surface area (Å²) < 4.78 is 28.6. The molecule has 0 aromatic rings. The zero-order valence-electron chi connectivity index (χ0n) is 14.5. The summed E-state index contributed by atoms with van der Waals surface area (Å²) in [6.45, 7) is 4.29. The van der Waals surface area contributed by atoms with Crippen LogP contribution in [0.2, 0.25) is 0 Å². The van der Waals surface area contributed by atoms with E-state index in [0.29, 0.717) is 12.0 Å². The number of rotatable bonds is 4. The van der Waals surface area contributed by atoms with Gasteiger partial charge in [-0.2, -0.15) is 0 Å². The predicted octanol–water partition coefficient (Wildman–Crippen LogP) is 1.41. The van der Waals surface area contributed by atoms with Crippen LogP contribution in [0.3, 0.4) is 0 Å². The molecule has 2 saturated carbocycles. The van der Waals surface area contributed by atoms with E-state index in [0.717, 1.165) is 25.9 Å². The number of sulfone groups is 1. The van der Waals surface area contributed by atoms with Gasteiger partial charge in [0.1, 0.15) is 0 Å². The van der Waals surface area contributed by atoms with Crippen LogP contribution in [-0.4, -0.2) is 62.7 Å². The van der Waals surface area contributed by atoms with Gasteiger partial charge in [0.05, 0.1) is 10.9 Å². The number of carbonyl (C=O) groups is 1. The van der Waals surface area contributed by atoms with Crippen LogP contribution in [0.1, 0.15) is 39.5 Å². The first-order valence-corrected chi connectivity index (χ1v) is 10.3. The SMILES string of the molecule is CN(CC(C)(C)S(C)(=O)=O)C(=O)N[C@@H]1[C@H]2CCO[C@@H]2C12CCC2. The van der Waals surface area contributed by atoms with Crippen LogP contribution in [0.4, 0.5) is 4.79 Å². The zero-order chi connectivity index (χ0) is 17.0. The van der Waals surface area contributed by atoms with Crippen molar-refractivity contribution >= 4 is 15.9 Å². The second-order valence-corrected chi connectivity index (χ2v) is 10.8. The molecule has 3 rings (SSSR count). The summed E-state index contributed by atoms with van der Waals surface area (Å²) in [5.41, 5.74) is 0.143. The van der Waals surface area contributed by atoms with Crippen molar-refractivity contribution in [3.8, 4) is 0 Å². The third kappa shape index (κ3) is 2.56. The van der Waals surface area contributed by atoms with Gasteiger partial charge in [0.2, 0.25) is 0 Å². The van der Waals surface area contributed by atoms with Gasteiger partial charge in [0, 0.05) is 43.8 Å². The van der Waals surface area contributed by atoms with Crippen LogP contribution in [0.25, 0.3) is 0 Å². The lowest BCUT2D eigenvalue weighted by atomic mass is 9.46. The molecular formula is C16H28N2O4S. The number of urea groups is 1. The standard InChI is InChI=1S/C16H28N2O4S/c1-15(2,23(4,20)21)10-18(3)14(19)17-12-11-6-9-22-13(11)16(12)7-5-8-16/h11-13H,5-10H2,1-4H3,(H,17,19)/t11-,12-,13+/m1/s1. The average Bonchev–Trinajstić information content (AvgIpc) is 2.77. The summed E-state index contributed by atoms with van der Waals surface area (Å²) in [6.07, 6.45) is 6.00. The molecule has 1 spiro atoms. The smallest absolute Gasteiger partial charge is 0.317 e. The monoisotopic (exact) mass is 344 g/mol. The Morgan fingerprint density at radius 1 is 1.39 bits per heavy atom. The van der Waals surface area contributed by atoms with Crippen LogP contribution in [0.15, 0.2) is 0 Å². The number of amides is 2. The molecule has 6 nitrogen and oxygen atoms in total.